The van der Waals surface area contributed by atoms with Crippen molar-refractivity contribution in [2.24, 2.45) is 0 Å². The van der Waals surface area contributed by atoms with Gasteiger partial charge in [-0.3, -0.25) is 4.79 Å². The number of carbonyl (C=O) groups is 1. The number of phenolic OH excluding ortho intramolecular Hbond substituents is 1. The molecule has 0 saturated heterocycles. The highest BCUT2D eigenvalue weighted by Gasteiger charge is 2.42. The van der Waals surface area contributed by atoms with Gasteiger partial charge in [-0.25, -0.2) is 0 Å². The average molecular weight is 349 g/mol. The topological polar surface area (TPSA) is 49.3 Å². The van der Waals surface area contributed by atoms with Gasteiger partial charge in [-0.1, -0.05) is 15.9 Å². The zero-order valence-electron chi connectivity index (χ0n) is 8.46. The summed E-state index contributed by atoms with van der Waals surface area (Å²) in [6.45, 7) is 0. The van der Waals surface area contributed by atoms with Crippen LogP contribution < -0.4 is 5.32 Å². The van der Waals surface area contributed by atoms with E-state index in [1.807, 2.05) is 0 Å². The lowest BCUT2D eigenvalue weighted by atomic mass is 10.2. The van der Waals surface area contributed by atoms with E-state index in [2.05, 4.69) is 37.2 Å². The first-order valence-electron chi connectivity index (χ1n) is 4.93. The molecule has 2 rings (SSSR count). The standard InChI is InChI=1S/C11H11Br2NO2/c12-6-11(3-4-11)14-10(16)7-1-2-8(13)9(15)5-7/h1-2,5,15H,3-4,6H2,(H,14,16). The third-order valence-corrected chi connectivity index (χ3v) is 4.44. The molecule has 1 aromatic carbocycles. The van der Waals surface area contributed by atoms with Gasteiger partial charge in [0.2, 0.25) is 0 Å². The minimum absolute atomic E-state index is 0.0697. The van der Waals surface area contributed by atoms with Crippen molar-refractivity contribution in [2.75, 3.05) is 5.33 Å². The number of benzene rings is 1. The van der Waals surface area contributed by atoms with E-state index in [0.29, 0.717) is 10.0 Å². The van der Waals surface area contributed by atoms with Crippen molar-refractivity contribution in [3.8, 4) is 5.75 Å². The smallest absolute Gasteiger partial charge is 0.251 e. The maximum Gasteiger partial charge on any atom is 0.251 e. The highest BCUT2D eigenvalue weighted by Crippen LogP contribution is 2.37. The van der Waals surface area contributed by atoms with Gasteiger partial charge in [0.1, 0.15) is 5.75 Å². The number of aromatic hydroxyl groups is 1. The van der Waals surface area contributed by atoms with Gasteiger partial charge >= 0.3 is 0 Å². The molecule has 0 spiro atoms. The van der Waals surface area contributed by atoms with Crippen molar-refractivity contribution in [3.05, 3.63) is 28.2 Å². The zero-order valence-corrected chi connectivity index (χ0v) is 11.6. The summed E-state index contributed by atoms with van der Waals surface area (Å²) >= 11 is 6.57. The van der Waals surface area contributed by atoms with E-state index in [4.69, 9.17) is 0 Å². The van der Waals surface area contributed by atoms with Crippen molar-refractivity contribution in [1.29, 1.82) is 0 Å². The SMILES string of the molecule is O=C(NC1(CBr)CC1)c1ccc(Br)c(O)c1. The second-order valence-corrected chi connectivity index (χ2v) is 5.45. The number of hydrogen-bond donors (Lipinski definition) is 2. The van der Waals surface area contributed by atoms with E-state index in [1.165, 1.54) is 6.07 Å². The van der Waals surface area contributed by atoms with Crippen LogP contribution in [0.5, 0.6) is 5.75 Å². The summed E-state index contributed by atoms with van der Waals surface area (Å²) in [5.41, 5.74) is 0.410. The molecule has 1 aromatic rings. The summed E-state index contributed by atoms with van der Waals surface area (Å²) in [4.78, 5) is 11.9. The molecule has 1 aliphatic carbocycles. The lowest BCUT2D eigenvalue weighted by molar-refractivity contribution is 0.0936. The number of halogens is 2. The van der Waals surface area contributed by atoms with Crippen molar-refractivity contribution >= 4 is 37.8 Å². The third-order valence-electron chi connectivity index (χ3n) is 2.70. The number of phenols is 1. The molecule has 86 valence electrons. The Bertz CT molecular complexity index is 430. The number of amides is 1. The van der Waals surface area contributed by atoms with E-state index in [-0.39, 0.29) is 17.2 Å². The molecule has 0 atom stereocenters. The van der Waals surface area contributed by atoms with Crippen LogP contribution in [0.4, 0.5) is 0 Å². The molecule has 3 nitrogen and oxygen atoms in total. The number of rotatable bonds is 3. The average Bonchev–Trinajstić information content (AvgIpc) is 3.02. The molecule has 1 fully saturated rings. The van der Waals surface area contributed by atoms with Gasteiger partial charge in [-0.2, -0.15) is 0 Å². The Morgan fingerprint density at radius 3 is 2.69 bits per heavy atom. The van der Waals surface area contributed by atoms with Crippen molar-refractivity contribution in [2.45, 2.75) is 18.4 Å². The second kappa shape index (κ2) is 4.37. The van der Waals surface area contributed by atoms with Crippen LogP contribution in [0.1, 0.15) is 23.2 Å². The summed E-state index contributed by atoms with van der Waals surface area (Å²) in [6.07, 6.45) is 2.01. The van der Waals surface area contributed by atoms with Crippen LogP contribution in [0.25, 0.3) is 0 Å². The summed E-state index contributed by atoms with van der Waals surface area (Å²) in [7, 11) is 0. The highest BCUT2D eigenvalue weighted by atomic mass is 79.9. The van der Waals surface area contributed by atoms with Crippen molar-refractivity contribution < 1.29 is 9.90 Å². The Balaban J connectivity index is 2.12. The maximum absolute atomic E-state index is 11.9. The van der Waals surface area contributed by atoms with E-state index >= 15 is 0 Å². The lowest BCUT2D eigenvalue weighted by Gasteiger charge is -2.14. The molecule has 0 bridgehead atoms. The van der Waals surface area contributed by atoms with Crippen LogP contribution in [-0.2, 0) is 0 Å². The molecule has 2 N–H and O–H groups in total. The Hall–Kier alpha value is -0.550. The van der Waals surface area contributed by atoms with Gasteiger partial charge < -0.3 is 10.4 Å². The van der Waals surface area contributed by atoms with Crippen LogP contribution in [0, 0.1) is 0 Å². The molecule has 0 aromatic heterocycles. The van der Waals surface area contributed by atoms with E-state index in [0.717, 1.165) is 18.2 Å². The fourth-order valence-corrected chi connectivity index (χ4v) is 2.36. The van der Waals surface area contributed by atoms with Crippen LogP contribution in [0.15, 0.2) is 22.7 Å². The van der Waals surface area contributed by atoms with Gasteiger partial charge in [-0.05, 0) is 47.0 Å². The van der Waals surface area contributed by atoms with Crippen molar-refractivity contribution in [3.63, 3.8) is 0 Å². The quantitative estimate of drug-likeness (QED) is 0.825. The first kappa shape index (κ1) is 11.9. The molecule has 1 saturated carbocycles. The molecule has 0 heterocycles. The van der Waals surface area contributed by atoms with Crippen LogP contribution in [-0.4, -0.2) is 21.9 Å². The normalized spacial score (nSPS) is 16.9. The summed E-state index contributed by atoms with van der Waals surface area (Å²) in [5.74, 6) is -0.0592. The number of alkyl halides is 1. The van der Waals surface area contributed by atoms with E-state index < -0.39 is 0 Å². The minimum atomic E-state index is -0.139. The summed E-state index contributed by atoms with van der Waals surface area (Å²) < 4.78 is 0.589. The number of carbonyl (C=O) groups excluding carboxylic acids is 1. The Morgan fingerprint density at radius 1 is 1.50 bits per heavy atom. The molecule has 5 heteroatoms. The van der Waals surface area contributed by atoms with Gasteiger partial charge in [0.05, 0.1) is 10.0 Å². The monoisotopic (exact) mass is 347 g/mol. The first-order valence-corrected chi connectivity index (χ1v) is 6.85. The molecular weight excluding hydrogens is 338 g/mol. The van der Waals surface area contributed by atoms with Crippen LogP contribution in [0.2, 0.25) is 0 Å². The number of hydrogen-bond acceptors (Lipinski definition) is 2. The predicted molar refractivity (Wildman–Crippen MR) is 69.0 cm³/mol. The summed E-state index contributed by atoms with van der Waals surface area (Å²) in [6, 6.07) is 4.81. The molecule has 1 amide bonds. The Morgan fingerprint density at radius 2 is 2.19 bits per heavy atom. The van der Waals surface area contributed by atoms with E-state index in [9.17, 15) is 9.90 Å². The van der Waals surface area contributed by atoms with E-state index in [1.54, 1.807) is 12.1 Å². The molecule has 1 aliphatic rings. The van der Waals surface area contributed by atoms with Gasteiger partial charge in [0, 0.05) is 10.9 Å². The fourth-order valence-electron chi connectivity index (χ4n) is 1.41. The molecule has 16 heavy (non-hydrogen) atoms. The molecule has 0 unspecified atom stereocenters. The van der Waals surface area contributed by atoms with Crippen molar-refractivity contribution in [1.82, 2.24) is 5.32 Å². The van der Waals surface area contributed by atoms with Gasteiger partial charge in [-0.15, -0.1) is 0 Å². The maximum atomic E-state index is 11.9. The highest BCUT2D eigenvalue weighted by molar-refractivity contribution is 9.10. The van der Waals surface area contributed by atoms with Crippen LogP contribution >= 0.6 is 31.9 Å². The first-order chi connectivity index (χ1) is 7.56. The largest absolute Gasteiger partial charge is 0.507 e. The predicted octanol–water partition coefficient (Wildman–Crippen LogP) is 2.81. The fraction of sp³-hybridized carbons (Fsp3) is 0.364. The third kappa shape index (κ3) is 2.40. The molecular formula is C11H11Br2NO2. The van der Waals surface area contributed by atoms with Crippen LogP contribution in [0.3, 0.4) is 0 Å². The Kier molecular flexibility index (Phi) is 3.26. The Labute approximate surface area is 110 Å². The second-order valence-electron chi connectivity index (χ2n) is 4.03. The summed E-state index contributed by atoms with van der Waals surface area (Å²) in [5, 5.41) is 13.2. The molecule has 0 radical (unpaired) electrons. The van der Waals surface area contributed by atoms with Gasteiger partial charge in [0.15, 0.2) is 0 Å². The van der Waals surface area contributed by atoms with Gasteiger partial charge in [0.25, 0.3) is 5.91 Å². The minimum Gasteiger partial charge on any atom is -0.507 e. The molecule has 0 aliphatic heterocycles. The number of nitrogens with one attached hydrogen (secondary N) is 1. The lowest BCUT2D eigenvalue weighted by Crippen LogP contribution is -2.38. The zero-order chi connectivity index (χ0) is 11.8.